The Bertz CT molecular complexity index is 604. The molecule has 4 heteroatoms. The molecule has 0 bridgehead atoms. The lowest BCUT2D eigenvalue weighted by Gasteiger charge is -1.90. The van der Waals surface area contributed by atoms with Crippen LogP contribution in [0.4, 0.5) is 0 Å². The molecule has 74 valence electrons. The SMILES string of the molecule is Brc1ccc2oc3ncc(Br)cc3c2c1. The zero-order valence-electron chi connectivity index (χ0n) is 7.50. The number of hydrogen-bond acceptors (Lipinski definition) is 2. The fourth-order valence-electron chi connectivity index (χ4n) is 1.61. The number of halogens is 2. The Kier molecular flexibility index (Phi) is 2.07. The normalized spacial score (nSPS) is 11.3. The van der Waals surface area contributed by atoms with Crippen molar-refractivity contribution < 1.29 is 4.42 Å². The molecule has 0 saturated carbocycles. The summed E-state index contributed by atoms with van der Waals surface area (Å²) < 4.78 is 7.61. The zero-order valence-corrected chi connectivity index (χ0v) is 10.7. The fraction of sp³-hybridized carbons (Fsp3) is 0. The maximum atomic E-state index is 5.61. The average Bonchev–Trinajstić information content (AvgIpc) is 2.56. The summed E-state index contributed by atoms with van der Waals surface area (Å²) in [5.74, 6) is 0. The first-order valence-electron chi connectivity index (χ1n) is 4.37. The van der Waals surface area contributed by atoms with E-state index in [9.17, 15) is 0 Å². The number of aromatic nitrogens is 1. The van der Waals surface area contributed by atoms with E-state index in [1.54, 1.807) is 6.20 Å². The van der Waals surface area contributed by atoms with Gasteiger partial charge in [-0.25, -0.2) is 4.98 Å². The van der Waals surface area contributed by atoms with E-state index in [0.717, 1.165) is 25.3 Å². The van der Waals surface area contributed by atoms with E-state index in [1.165, 1.54) is 0 Å². The Morgan fingerprint density at radius 1 is 1.00 bits per heavy atom. The molecule has 0 aliphatic heterocycles. The van der Waals surface area contributed by atoms with Crippen LogP contribution < -0.4 is 0 Å². The van der Waals surface area contributed by atoms with Gasteiger partial charge in [-0.15, -0.1) is 0 Å². The molecule has 2 nitrogen and oxygen atoms in total. The predicted octanol–water partition coefficient (Wildman–Crippen LogP) is 4.51. The van der Waals surface area contributed by atoms with Crippen LogP contribution in [-0.4, -0.2) is 4.98 Å². The van der Waals surface area contributed by atoms with E-state index >= 15 is 0 Å². The smallest absolute Gasteiger partial charge is 0.227 e. The van der Waals surface area contributed by atoms with E-state index in [4.69, 9.17) is 4.42 Å². The third kappa shape index (κ3) is 1.48. The van der Waals surface area contributed by atoms with Gasteiger partial charge in [-0.1, -0.05) is 15.9 Å². The highest BCUT2D eigenvalue weighted by Gasteiger charge is 2.08. The van der Waals surface area contributed by atoms with Crippen LogP contribution in [0.15, 0.2) is 43.8 Å². The van der Waals surface area contributed by atoms with Crippen LogP contribution in [0.25, 0.3) is 22.1 Å². The van der Waals surface area contributed by atoms with Crippen molar-refractivity contribution >= 4 is 53.9 Å². The molecule has 0 aliphatic rings. The van der Waals surface area contributed by atoms with Crippen molar-refractivity contribution in [2.75, 3.05) is 0 Å². The molecule has 0 fully saturated rings. The second-order valence-corrected chi connectivity index (χ2v) is 5.08. The molecule has 0 unspecified atom stereocenters. The molecule has 0 amide bonds. The zero-order chi connectivity index (χ0) is 10.4. The lowest BCUT2D eigenvalue weighted by molar-refractivity contribution is 0.654. The van der Waals surface area contributed by atoms with Crippen molar-refractivity contribution in [3.05, 3.63) is 39.4 Å². The Hall–Kier alpha value is -0.870. The predicted molar refractivity (Wildman–Crippen MR) is 66.9 cm³/mol. The average molecular weight is 327 g/mol. The van der Waals surface area contributed by atoms with E-state index in [2.05, 4.69) is 36.8 Å². The summed E-state index contributed by atoms with van der Waals surface area (Å²) >= 11 is 6.85. The third-order valence-corrected chi connectivity index (χ3v) is 3.18. The Balaban J connectivity index is 2.55. The number of rotatable bonds is 0. The van der Waals surface area contributed by atoms with Gasteiger partial charge in [0, 0.05) is 25.9 Å². The third-order valence-electron chi connectivity index (χ3n) is 2.26. The van der Waals surface area contributed by atoms with Gasteiger partial charge in [-0.3, -0.25) is 0 Å². The molecule has 0 saturated heterocycles. The van der Waals surface area contributed by atoms with Gasteiger partial charge < -0.3 is 4.42 Å². The van der Waals surface area contributed by atoms with Crippen molar-refractivity contribution in [3.8, 4) is 0 Å². The van der Waals surface area contributed by atoms with Gasteiger partial charge in [-0.05, 0) is 40.2 Å². The number of furan rings is 1. The van der Waals surface area contributed by atoms with E-state index in [-0.39, 0.29) is 0 Å². The standard InChI is InChI=1S/C11H5Br2NO/c12-6-1-2-10-8(3-6)9-4-7(13)5-14-11(9)15-10/h1-5H. The van der Waals surface area contributed by atoms with Crippen molar-refractivity contribution in [1.82, 2.24) is 4.98 Å². The second-order valence-electron chi connectivity index (χ2n) is 3.25. The van der Waals surface area contributed by atoms with Crippen LogP contribution in [0.5, 0.6) is 0 Å². The highest BCUT2D eigenvalue weighted by molar-refractivity contribution is 9.10. The first-order valence-corrected chi connectivity index (χ1v) is 5.96. The fourth-order valence-corrected chi connectivity index (χ4v) is 2.30. The highest BCUT2D eigenvalue weighted by Crippen LogP contribution is 2.30. The Morgan fingerprint density at radius 2 is 1.80 bits per heavy atom. The molecule has 15 heavy (non-hydrogen) atoms. The van der Waals surface area contributed by atoms with Crippen LogP contribution in [0.1, 0.15) is 0 Å². The van der Waals surface area contributed by atoms with Crippen LogP contribution >= 0.6 is 31.9 Å². The summed E-state index contributed by atoms with van der Waals surface area (Å²) in [6, 6.07) is 7.95. The summed E-state index contributed by atoms with van der Waals surface area (Å²) in [6.07, 6.45) is 1.74. The van der Waals surface area contributed by atoms with Gasteiger partial charge in [0.25, 0.3) is 0 Å². The van der Waals surface area contributed by atoms with Crippen LogP contribution in [0, 0.1) is 0 Å². The maximum absolute atomic E-state index is 5.61. The monoisotopic (exact) mass is 325 g/mol. The molecule has 3 rings (SSSR count). The van der Waals surface area contributed by atoms with Gasteiger partial charge in [0.05, 0.1) is 0 Å². The number of hydrogen-bond donors (Lipinski definition) is 0. The Labute approximate surface area is 103 Å². The Morgan fingerprint density at radius 3 is 2.67 bits per heavy atom. The topological polar surface area (TPSA) is 26.0 Å². The number of fused-ring (bicyclic) bond motifs is 3. The maximum Gasteiger partial charge on any atom is 0.227 e. The van der Waals surface area contributed by atoms with E-state index in [1.807, 2.05) is 24.3 Å². The van der Waals surface area contributed by atoms with Crippen molar-refractivity contribution in [2.45, 2.75) is 0 Å². The van der Waals surface area contributed by atoms with Crippen molar-refractivity contribution in [1.29, 1.82) is 0 Å². The summed E-state index contributed by atoms with van der Waals surface area (Å²) in [6.45, 7) is 0. The molecule has 2 heterocycles. The minimum absolute atomic E-state index is 0.673. The summed E-state index contributed by atoms with van der Waals surface area (Å²) in [4.78, 5) is 4.22. The molecule has 1 aromatic carbocycles. The molecule has 0 atom stereocenters. The lowest BCUT2D eigenvalue weighted by Crippen LogP contribution is -1.72. The first-order chi connectivity index (χ1) is 7.24. The molecule has 0 radical (unpaired) electrons. The highest BCUT2D eigenvalue weighted by atomic mass is 79.9. The number of nitrogens with zero attached hydrogens (tertiary/aromatic N) is 1. The minimum atomic E-state index is 0.673. The molecular weight excluding hydrogens is 322 g/mol. The molecule has 0 N–H and O–H groups in total. The van der Waals surface area contributed by atoms with Gasteiger partial charge in [0.15, 0.2) is 0 Å². The molecule has 0 aliphatic carbocycles. The van der Waals surface area contributed by atoms with Gasteiger partial charge in [0.2, 0.25) is 5.71 Å². The summed E-state index contributed by atoms with van der Waals surface area (Å²) in [5, 5.41) is 2.11. The number of pyridine rings is 1. The molecule has 2 aromatic heterocycles. The number of benzene rings is 1. The summed E-state index contributed by atoms with van der Waals surface area (Å²) in [5.41, 5.74) is 1.53. The lowest BCUT2D eigenvalue weighted by atomic mass is 10.2. The second kappa shape index (κ2) is 3.32. The van der Waals surface area contributed by atoms with Crippen molar-refractivity contribution in [3.63, 3.8) is 0 Å². The van der Waals surface area contributed by atoms with Gasteiger partial charge in [0.1, 0.15) is 5.58 Å². The molecular formula is C11H5Br2NO. The van der Waals surface area contributed by atoms with Gasteiger partial charge >= 0.3 is 0 Å². The first kappa shape index (κ1) is 9.36. The van der Waals surface area contributed by atoms with Crippen molar-refractivity contribution in [2.24, 2.45) is 0 Å². The minimum Gasteiger partial charge on any atom is -0.438 e. The summed E-state index contributed by atoms with van der Waals surface area (Å²) in [7, 11) is 0. The van der Waals surface area contributed by atoms with Crippen LogP contribution in [0.2, 0.25) is 0 Å². The van der Waals surface area contributed by atoms with Crippen LogP contribution in [-0.2, 0) is 0 Å². The quantitative estimate of drug-likeness (QED) is 0.607. The van der Waals surface area contributed by atoms with Crippen LogP contribution in [0.3, 0.4) is 0 Å². The largest absolute Gasteiger partial charge is 0.438 e. The van der Waals surface area contributed by atoms with E-state index in [0.29, 0.717) is 5.71 Å². The van der Waals surface area contributed by atoms with Gasteiger partial charge in [-0.2, -0.15) is 0 Å². The van der Waals surface area contributed by atoms with E-state index < -0.39 is 0 Å². The molecule has 3 aromatic rings. The molecule has 0 spiro atoms.